The first-order valence-corrected chi connectivity index (χ1v) is 3.39. The van der Waals surface area contributed by atoms with Gasteiger partial charge in [0.05, 0.1) is 0 Å². The van der Waals surface area contributed by atoms with E-state index >= 15 is 0 Å². The number of aliphatic carboxylic acids is 1. The van der Waals surface area contributed by atoms with E-state index in [0.717, 1.165) is 5.57 Å². The molecule has 0 rings (SSSR count). The first kappa shape index (κ1) is 13.2. The van der Waals surface area contributed by atoms with E-state index in [1.165, 1.54) is 6.92 Å². The molecule has 12 heavy (non-hydrogen) atoms. The predicted molar refractivity (Wildman–Crippen MR) is 47.9 cm³/mol. The summed E-state index contributed by atoms with van der Waals surface area (Å²) in [4.78, 5) is 19.5. The van der Waals surface area contributed by atoms with Crippen LogP contribution < -0.4 is 0 Å². The van der Waals surface area contributed by atoms with Crippen LogP contribution in [0.15, 0.2) is 24.8 Å². The van der Waals surface area contributed by atoms with Crippen LogP contribution in [0, 0.1) is 0 Å². The van der Waals surface area contributed by atoms with Crippen LogP contribution in [-0.4, -0.2) is 16.9 Å². The van der Waals surface area contributed by atoms with Crippen molar-refractivity contribution < 1.29 is 14.7 Å². The highest BCUT2D eigenvalue weighted by molar-refractivity contribution is 5.93. The fraction of sp³-hybridized carbons (Fsp3) is 0.333. The third kappa shape index (κ3) is 23.4. The quantitative estimate of drug-likeness (QED) is 0.519. The van der Waals surface area contributed by atoms with Crippen molar-refractivity contribution in [3.63, 3.8) is 0 Å². The van der Waals surface area contributed by atoms with Gasteiger partial charge >= 0.3 is 5.97 Å². The molecule has 0 saturated carbocycles. The van der Waals surface area contributed by atoms with E-state index in [2.05, 4.69) is 13.2 Å². The van der Waals surface area contributed by atoms with E-state index < -0.39 is 5.97 Å². The van der Waals surface area contributed by atoms with Gasteiger partial charge in [-0.2, -0.15) is 0 Å². The second-order valence-corrected chi connectivity index (χ2v) is 2.32. The third-order valence-corrected chi connectivity index (χ3v) is 0.749. The summed E-state index contributed by atoms with van der Waals surface area (Å²) in [6.45, 7) is 10.2. The lowest BCUT2D eigenvalue weighted by molar-refractivity contribution is -0.139. The van der Waals surface area contributed by atoms with Gasteiger partial charge in [0.2, 0.25) is 0 Å². The molecule has 0 unspecified atom stereocenters. The number of carboxylic acid groups (broad SMARTS) is 1. The minimum absolute atomic E-state index is 0.312. The number of rotatable bonds is 3. The Hall–Kier alpha value is -1.38. The zero-order chi connectivity index (χ0) is 10.1. The Morgan fingerprint density at radius 1 is 1.42 bits per heavy atom. The fourth-order valence-corrected chi connectivity index (χ4v) is 0.213. The second kappa shape index (κ2) is 7.72. The lowest BCUT2D eigenvalue weighted by Gasteiger charge is -1.80. The van der Waals surface area contributed by atoms with E-state index in [-0.39, 0.29) is 12.2 Å². The van der Waals surface area contributed by atoms with Crippen LogP contribution in [0.5, 0.6) is 0 Å². The molecule has 1 N–H and O–H groups in total. The van der Waals surface area contributed by atoms with Crippen molar-refractivity contribution in [2.45, 2.75) is 20.3 Å². The summed E-state index contributed by atoms with van der Waals surface area (Å²) in [5.41, 5.74) is 1.02. The van der Waals surface area contributed by atoms with E-state index in [0.29, 0.717) is 0 Å². The van der Waals surface area contributed by atoms with Crippen LogP contribution in [0.1, 0.15) is 20.3 Å². The number of carboxylic acids is 1. The summed E-state index contributed by atoms with van der Waals surface area (Å²) < 4.78 is 0. The van der Waals surface area contributed by atoms with Crippen LogP contribution in [0.2, 0.25) is 0 Å². The van der Waals surface area contributed by atoms with Gasteiger partial charge in [-0.05, 0) is 13.8 Å². The molecule has 3 heteroatoms. The summed E-state index contributed by atoms with van der Waals surface area (Å²) in [6.07, 6.45) is 1.36. The Labute approximate surface area is 72.4 Å². The number of carbonyl (C=O) groups excluding carboxylic acids is 1. The summed E-state index contributed by atoms with van der Waals surface area (Å²) in [6, 6.07) is 0. The average molecular weight is 170 g/mol. The second-order valence-electron chi connectivity index (χ2n) is 2.32. The molecule has 0 aliphatic carbocycles. The molecule has 0 amide bonds. The molecule has 0 aromatic heterocycles. The van der Waals surface area contributed by atoms with Gasteiger partial charge in [-0.3, -0.25) is 9.59 Å². The van der Waals surface area contributed by atoms with E-state index in [1.807, 2.05) is 6.92 Å². The third-order valence-electron chi connectivity index (χ3n) is 0.749. The molecule has 0 aromatic rings. The molecule has 0 aliphatic heterocycles. The SMILES string of the molecule is C=CC(=C)C.CC(=O)CC(=O)O. The summed E-state index contributed by atoms with van der Waals surface area (Å²) >= 11 is 0. The van der Waals surface area contributed by atoms with Crippen LogP contribution in [-0.2, 0) is 9.59 Å². The highest BCUT2D eigenvalue weighted by Crippen LogP contribution is 1.81. The van der Waals surface area contributed by atoms with Gasteiger partial charge in [-0.1, -0.05) is 24.8 Å². The largest absolute Gasteiger partial charge is 0.481 e. The van der Waals surface area contributed by atoms with Gasteiger partial charge < -0.3 is 5.11 Å². The molecule has 0 aliphatic rings. The molecule has 3 nitrogen and oxygen atoms in total. The maximum absolute atomic E-state index is 9.87. The average Bonchev–Trinajstić information content (AvgIpc) is 1.85. The minimum atomic E-state index is -1.06. The van der Waals surface area contributed by atoms with Crippen LogP contribution >= 0.6 is 0 Å². The van der Waals surface area contributed by atoms with Crippen molar-refractivity contribution in [3.8, 4) is 0 Å². The van der Waals surface area contributed by atoms with Crippen LogP contribution in [0.3, 0.4) is 0 Å². The molecular weight excluding hydrogens is 156 g/mol. The fourth-order valence-electron chi connectivity index (χ4n) is 0.213. The normalized spacial score (nSPS) is 7.50. The monoisotopic (exact) mass is 170 g/mol. The number of hydrogen-bond donors (Lipinski definition) is 1. The number of allylic oxidation sites excluding steroid dienone is 2. The molecule has 0 fully saturated rings. The Balaban J connectivity index is 0. The van der Waals surface area contributed by atoms with Crippen LogP contribution in [0.4, 0.5) is 0 Å². The lowest BCUT2D eigenvalue weighted by Crippen LogP contribution is -2.00. The molecule has 0 heterocycles. The number of carbonyl (C=O) groups is 2. The Morgan fingerprint density at radius 2 is 1.75 bits per heavy atom. The highest BCUT2D eigenvalue weighted by Gasteiger charge is 1.98. The molecule has 0 bridgehead atoms. The molecular formula is C9H14O3. The Morgan fingerprint density at radius 3 is 1.75 bits per heavy atom. The molecule has 68 valence electrons. The maximum atomic E-state index is 9.87. The Kier molecular flexibility index (Phi) is 8.51. The summed E-state index contributed by atoms with van der Waals surface area (Å²) in [5, 5.41) is 7.86. The number of hydrogen-bond acceptors (Lipinski definition) is 2. The standard InChI is InChI=1S/C5H8.C4H6O3/c1-4-5(2)3;1-3(5)2-4(6)7/h4H,1-2H2,3H3;2H2,1H3,(H,6,7). The van der Waals surface area contributed by atoms with Crippen molar-refractivity contribution in [1.29, 1.82) is 0 Å². The van der Waals surface area contributed by atoms with Gasteiger partial charge in [0.1, 0.15) is 12.2 Å². The van der Waals surface area contributed by atoms with Gasteiger partial charge in [-0.25, -0.2) is 0 Å². The smallest absolute Gasteiger partial charge is 0.310 e. The van der Waals surface area contributed by atoms with E-state index in [1.54, 1.807) is 6.08 Å². The molecule has 0 saturated heterocycles. The van der Waals surface area contributed by atoms with Crippen LogP contribution in [0.25, 0.3) is 0 Å². The maximum Gasteiger partial charge on any atom is 0.310 e. The van der Waals surface area contributed by atoms with Crippen molar-refractivity contribution in [3.05, 3.63) is 24.8 Å². The van der Waals surface area contributed by atoms with E-state index in [9.17, 15) is 9.59 Å². The van der Waals surface area contributed by atoms with Gasteiger partial charge in [0.15, 0.2) is 0 Å². The molecule has 0 spiro atoms. The number of Topliss-reactive ketones (excluding diaryl/α,β-unsaturated/α-hetero) is 1. The van der Waals surface area contributed by atoms with Gasteiger partial charge in [-0.15, -0.1) is 0 Å². The molecule has 0 aromatic carbocycles. The molecule has 0 atom stereocenters. The van der Waals surface area contributed by atoms with Crippen molar-refractivity contribution in [2.75, 3.05) is 0 Å². The predicted octanol–water partition coefficient (Wildman–Crippen LogP) is 1.80. The highest BCUT2D eigenvalue weighted by atomic mass is 16.4. The van der Waals surface area contributed by atoms with Crippen molar-refractivity contribution in [2.24, 2.45) is 0 Å². The number of ketones is 1. The summed E-state index contributed by atoms with van der Waals surface area (Å²) in [5.74, 6) is -1.37. The molecule has 0 radical (unpaired) electrons. The Bertz CT molecular complexity index is 180. The van der Waals surface area contributed by atoms with Crippen molar-refractivity contribution >= 4 is 11.8 Å². The van der Waals surface area contributed by atoms with E-state index in [4.69, 9.17) is 5.11 Å². The lowest BCUT2D eigenvalue weighted by atomic mass is 10.3. The first-order chi connectivity index (χ1) is 5.40. The first-order valence-electron chi connectivity index (χ1n) is 3.39. The van der Waals surface area contributed by atoms with Gasteiger partial charge in [0, 0.05) is 0 Å². The zero-order valence-electron chi connectivity index (χ0n) is 7.46. The van der Waals surface area contributed by atoms with Crippen molar-refractivity contribution in [1.82, 2.24) is 0 Å². The minimum Gasteiger partial charge on any atom is -0.481 e. The van der Waals surface area contributed by atoms with Gasteiger partial charge in [0.25, 0.3) is 0 Å². The zero-order valence-corrected chi connectivity index (χ0v) is 7.46. The summed E-state index contributed by atoms with van der Waals surface area (Å²) in [7, 11) is 0. The topological polar surface area (TPSA) is 54.4 Å².